The van der Waals surface area contributed by atoms with Crippen LogP contribution in [0.4, 0.5) is 0 Å². The average Bonchev–Trinajstić information content (AvgIpc) is 3.07. The van der Waals surface area contributed by atoms with E-state index in [9.17, 15) is 9.59 Å². The molecule has 1 unspecified atom stereocenters. The molecule has 1 N–H and O–H groups in total. The van der Waals surface area contributed by atoms with Gasteiger partial charge in [-0.3, -0.25) is 9.59 Å². The maximum atomic E-state index is 12.4. The van der Waals surface area contributed by atoms with E-state index >= 15 is 0 Å². The van der Waals surface area contributed by atoms with Gasteiger partial charge in [-0.1, -0.05) is 66.4 Å². The molecular formula is C22H24N4O2S. The van der Waals surface area contributed by atoms with Gasteiger partial charge in [0.15, 0.2) is 16.8 Å². The van der Waals surface area contributed by atoms with Crippen molar-refractivity contribution in [3.8, 4) is 11.4 Å². The van der Waals surface area contributed by atoms with E-state index in [2.05, 4.69) is 15.5 Å². The topological polar surface area (TPSA) is 76.9 Å². The molecule has 29 heavy (non-hydrogen) atoms. The van der Waals surface area contributed by atoms with E-state index in [0.29, 0.717) is 11.6 Å². The summed E-state index contributed by atoms with van der Waals surface area (Å²) in [5.74, 6) is 0.661. The van der Waals surface area contributed by atoms with Crippen LogP contribution in [0.3, 0.4) is 0 Å². The number of thioether (sulfide) groups is 1. The van der Waals surface area contributed by atoms with Crippen molar-refractivity contribution in [1.82, 2.24) is 20.1 Å². The van der Waals surface area contributed by atoms with Gasteiger partial charge in [-0.15, -0.1) is 10.2 Å². The van der Waals surface area contributed by atoms with Gasteiger partial charge in [0.2, 0.25) is 5.91 Å². The van der Waals surface area contributed by atoms with Gasteiger partial charge < -0.3 is 9.88 Å². The van der Waals surface area contributed by atoms with Gasteiger partial charge in [-0.2, -0.15) is 0 Å². The molecule has 1 aromatic heterocycles. The lowest BCUT2D eigenvalue weighted by atomic mass is 10.0. The molecule has 150 valence electrons. The molecule has 3 aromatic rings. The van der Waals surface area contributed by atoms with E-state index < -0.39 is 6.04 Å². The highest BCUT2D eigenvalue weighted by Gasteiger charge is 2.19. The normalized spacial score (nSPS) is 11.8. The standard InChI is InChI=1S/C22H24N4O2S/c1-15-9-7-8-12-18(15)21-24-25-22(26(21)3)29-14-20(28)23-19(16(2)27)13-17-10-5-4-6-11-17/h4-12,19H,13-14H2,1-3H3,(H,23,28). The van der Waals surface area contributed by atoms with Crippen LogP contribution in [-0.4, -0.2) is 38.2 Å². The third kappa shape index (κ3) is 5.32. The number of nitrogens with zero attached hydrogens (tertiary/aromatic N) is 3. The lowest BCUT2D eigenvalue weighted by molar-refractivity contribution is -0.125. The summed E-state index contributed by atoms with van der Waals surface area (Å²) >= 11 is 1.30. The van der Waals surface area contributed by atoms with Crippen molar-refractivity contribution >= 4 is 23.5 Å². The van der Waals surface area contributed by atoms with Gasteiger partial charge >= 0.3 is 0 Å². The van der Waals surface area contributed by atoms with Gasteiger partial charge in [0.25, 0.3) is 0 Å². The molecule has 0 saturated carbocycles. The number of benzene rings is 2. The second kappa shape index (κ2) is 9.52. The number of nitrogens with one attached hydrogen (secondary N) is 1. The Kier molecular flexibility index (Phi) is 6.82. The van der Waals surface area contributed by atoms with Crippen LogP contribution in [0.15, 0.2) is 59.8 Å². The Morgan fingerprint density at radius 1 is 1.07 bits per heavy atom. The summed E-state index contributed by atoms with van der Waals surface area (Å²) in [7, 11) is 1.88. The van der Waals surface area contributed by atoms with E-state index in [1.54, 1.807) is 0 Å². The maximum absolute atomic E-state index is 12.4. The molecule has 6 nitrogen and oxygen atoms in total. The summed E-state index contributed by atoms with van der Waals surface area (Å²) in [4.78, 5) is 24.4. The van der Waals surface area contributed by atoms with Crippen LogP contribution >= 0.6 is 11.8 Å². The van der Waals surface area contributed by atoms with E-state index in [1.807, 2.05) is 73.1 Å². The molecule has 0 bridgehead atoms. The van der Waals surface area contributed by atoms with Crippen LogP contribution in [-0.2, 0) is 23.1 Å². The molecule has 3 rings (SSSR count). The number of carbonyl (C=O) groups excluding carboxylic acids is 2. The quantitative estimate of drug-likeness (QED) is 0.579. The van der Waals surface area contributed by atoms with Gasteiger partial charge in [0.1, 0.15) is 0 Å². The first-order valence-electron chi connectivity index (χ1n) is 9.37. The summed E-state index contributed by atoms with van der Waals surface area (Å²) in [6.45, 7) is 3.52. The summed E-state index contributed by atoms with van der Waals surface area (Å²) in [6, 6.07) is 17.1. The molecule has 1 heterocycles. The highest BCUT2D eigenvalue weighted by molar-refractivity contribution is 7.99. The number of Topliss-reactive ketones (excluding diaryl/α,β-unsaturated/α-hetero) is 1. The lowest BCUT2D eigenvalue weighted by Crippen LogP contribution is -2.42. The van der Waals surface area contributed by atoms with Gasteiger partial charge in [-0.25, -0.2) is 0 Å². The van der Waals surface area contributed by atoms with Crippen LogP contribution in [0, 0.1) is 6.92 Å². The fourth-order valence-corrected chi connectivity index (χ4v) is 3.73. The Bertz CT molecular complexity index is 1000. The van der Waals surface area contributed by atoms with Crippen molar-refractivity contribution in [2.45, 2.75) is 31.5 Å². The highest BCUT2D eigenvalue weighted by Crippen LogP contribution is 2.24. The lowest BCUT2D eigenvalue weighted by Gasteiger charge is -2.16. The number of hydrogen-bond donors (Lipinski definition) is 1. The molecule has 0 spiro atoms. The predicted molar refractivity (Wildman–Crippen MR) is 115 cm³/mol. The van der Waals surface area contributed by atoms with Gasteiger partial charge in [0.05, 0.1) is 11.8 Å². The Morgan fingerprint density at radius 3 is 2.45 bits per heavy atom. The number of hydrogen-bond acceptors (Lipinski definition) is 5. The third-order valence-corrected chi connectivity index (χ3v) is 5.68. The Morgan fingerprint density at radius 2 is 1.76 bits per heavy atom. The van der Waals surface area contributed by atoms with Crippen molar-refractivity contribution in [3.05, 3.63) is 65.7 Å². The Labute approximate surface area is 174 Å². The number of rotatable bonds is 8. The minimum Gasteiger partial charge on any atom is -0.345 e. The van der Waals surface area contributed by atoms with E-state index in [0.717, 1.165) is 22.5 Å². The van der Waals surface area contributed by atoms with Gasteiger partial charge in [-0.05, 0) is 31.4 Å². The Balaban J connectivity index is 1.62. The average molecular weight is 409 g/mol. The third-order valence-electron chi connectivity index (χ3n) is 4.66. The molecule has 0 saturated heterocycles. The number of carbonyl (C=O) groups is 2. The minimum absolute atomic E-state index is 0.0623. The summed E-state index contributed by atoms with van der Waals surface area (Å²) in [5, 5.41) is 12.0. The first-order chi connectivity index (χ1) is 14.0. The summed E-state index contributed by atoms with van der Waals surface area (Å²) in [5.41, 5.74) is 3.14. The molecule has 2 aromatic carbocycles. The van der Waals surface area contributed by atoms with Crippen LogP contribution in [0.25, 0.3) is 11.4 Å². The second-order valence-corrected chi connectivity index (χ2v) is 7.83. The zero-order valence-corrected chi connectivity index (χ0v) is 17.6. The molecule has 0 aliphatic heterocycles. The molecule has 1 amide bonds. The summed E-state index contributed by atoms with van der Waals surface area (Å²) in [6.07, 6.45) is 0.480. The fourth-order valence-electron chi connectivity index (χ4n) is 3.01. The van der Waals surface area contributed by atoms with Crippen molar-refractivity contribution in [2.75, 3.05) is 5.75 Å². The number of aryl methyl sites for hydroxylation is 1. The maximum Gasteiger partial charge on any atom is 0.231 e. The first kappa shape index (κ1) is 20.8. The summed E-state index contributed by atoms with van der Waals surface area (Å²) < 4.78 is 1.88. The Hall–Kier alpha value is -2.93. The fraction of sp³-hybridized carbons (Fsp3) is 0.273. The minimum atomic E-state index is -0.535. The van der Waals surface area contributed by atoms with Crippen molar-refractivity contribution in [3.63, 3.8) is 0 Å². The molecule has 7 heteroatoms. The van der Waals surface area contributed by atoms with Crippen molar-refractivity contribution in [1.29, 1.82) is 0 Å². The zero-order chi connectivity index (χ0) is 20.8. The molecule has 1 atom stereocenters. The number of aromatic nitrogens is 3. The molecule has 0 fully saturated rings. The van der Waals surface area contributed by atoms with Crippen LogP contribution in [0.2, 0.25) is 0 Å². The van der Waals surface area contributed by atoms with Gasteiger partial charge in [0, 0.05) is 12.6 Å². The zero-order valence-electron chi connectivity index (χ0n) is 16.8. The SMILES string of the molecule is CC(=O)C(Cc1ccccc1)NC(=O)CSc1nnc(-c2ccccc2C)n1C. The largest absolute Gasteiger partial charge is 0.345 e. The first-order valence-corrected chi connectivity index (χ1v) is 10.4. The second-order valence-electron chi connectivity index (χ2n) is 6.89. The van der Waals surface area contributed by atoms with E-state index in [-0.39, 0.29) is 17.4 Å². The van der Waals surface area contributed by atoms with Crippen molar-refractivity contribution in [2.24, 2.45) is 7.05 Å². The van der Waals surface area contributed by atoms with Crippen molar-refractivity contribution < 1.29 is 9.59 Å². The number of amides is 1. The van der Waals surface area contributed by atoms with E-state index in [1.165, 1.54) is 18.7 Å². The molecule has 0 radical (unpaired) electrons. The van der Waals surface area contributed by atoms with Crippen LogP contribution in [0.1, 0.15) is 18.1 Å². The highest BCUT2D eigenvalue weighted by atomic mass is 32.2. The van der Waals surface area contributed by atoms with Crippen LogP contribution in [0.5, 0.6) is 0 Å². The molecule has 0 aliphatic rings. The van der Waals surface area contributed by atoms with Crippen LogP contribution < -0.4 is 5.32 Å². The monoisotopic (exact) mass is 408 g/mol. The smallest absolute Gasteiger partial charge is 0.231 e. The predicted octanol–water partition coefficient (Wildman–Crippen LogP) is 3.20. The molecule has 0 aliphatic carbocycles. The number of ketones is 1. The molecular weight excluding hydrogens is 384 g/mol. The van der Waals surface area contributed by atoms with E-state index in [4.69, 9.17) is 0 Å².